The predicted octanol–water partition coefficient (Wildman–Crippen LogP) is 4.17. The average Bonchev–Trinajstić information content (AvgIpc) is 2.89. The van der Waals surface area contributed by atoms with Crippen molar-refractivity contribution >= 4 is 0 Å². The zero-order valence-corrected chi connectivity index (χ0v) is 12.8. The Bertz CT molecular complexity index is 446. The van der Waals surface area contributed by atoms with E-state index in [-0.39, 0.29) is 5.60 Å². The van der Waals surface area contributed by atoms with Crippen LogP contribution in [0.2, 0.25) is 0 Å². The smallest absolute Gasteiger partial charge is 0.0872 e. The lowest BCUT2D eigenvalue weighted by Gasteiger charge is -2.39. The first kappa shape index (κ1) is 14.1. The molecule has 0 aromatic heterocycles. The third-order valence-corrected chi connectivity index (χ3v) is 5.52. The van der Waals surface area contributed by atoms with Crippen LogP contribution in [0.25, 0.3) is 0 Å². The maximum absolute atomic E-state index is 6.03. The van der Waals surface area contributed by atoms with Crippen LogP contribution in [0, 0.1) is 0 Å². The lowest BCUT2D eigenvalue weighted by atomic mass is 9.74. The van der Waals surface area contributed by atoms with E-state index in [1.807, 2.05) is 7.11 Å². The van der Waals surface area contributed by atoms with Crippen LogP contribution in [0.1, 0.15) is 68.0 Å². The maximum Gasteiger partial charge on any atom is 0.0872 e. The van der Waals surface area contributed by atoms with Gasteiger partial charge in [-0.25, -0.2) is 0 Å². The fraction of sp³-hybridized carbons (Fsp3) is 0.667. The number of methoxy groups -OCH3 is 1. The summed E-state index contributed by atoms with van der Waals surface area (Å²) >= 11 is 0. The van der Waals surface area contributed by atoms with Gasteiger partial charge in [0.15, 0.2) is 0 Å². The molecule has 2 heteroatoms. The highest BCUT2D eigenvalue weighted by atomic mass is 16.5. The van der Waals surface area contributed by atoms with E-state index >= 15 is 0 Å². The minimum Gasteiger partial charge on any atom is -0.376 e. The van der Waals surface area contributed by atoms with E-state index < -0.39 is 0 Å². The van der Waals surface area contributed by atoms with E-state index in [9.17, 15) is 0 Å². The summed E-state index contributed by atoms with van der Waals surface area (Å²) in [6.45, 7) is 0. The highest BCUT2D eigenvalue weighted by molar-refractivity contribution is 5.36. The van der Waals surface area contributed by atoms with Gasteiger partial charge in [0.2, 0.25) is 0 Å². The molecule has 1 unspecified atom stereocenters. The minimum absolute atomic E-state index is 0.00536. The first-order chi connectivity index (χ1) is 9.80. The molecule has 0 aliphatic heterocycles. The molecule has 2 nitrogen and oxygen atoms in total. The molecule has 2 fully saturated rings. The Morgan fingerprint density at radius 3 is 2.40 bits per heavy atom. The molecule has 1 N–H and O–H groups in total. The second-order valence-corrected chi connectivity index (χ2v) is 6.45. The Morgan fingerprint density at radius 1 is 1.15 bits per heavy atom. The van der Waals surface area contributed by atoms with Gasteiger partial charge < -0.3 is 10.1 Å². The van der Waals surface area contributed by atoms with Gasteiger partial charge in [-0.15, -0.1) is 0 Å². The van der Waals surface area contributed by atoms with E-state index in [4.69, 9.17) is 4.74 Å². The molecule has 110 valence electrons. The summed E-state index contributed by atoms with van der Waals surface area (Å²) in [7, 11) is 3.98. The van der Waals surface area contributed by atoms with Gasteiger partial charge in [-0.2, -0.15) is 0 Å². The van der Waals surface area contributed by atoms with Crippen LogP contribution < -0.4 is 5.32 Å². The van der Waals surface area contributed by atoms with Gasteiger partial charge in [-0.1, -0.05) is 43.5 Å². The van der Waals surface area contributed by atoms with Crippen molar-refractivity contribution in [1.82, 2.24) is 5.32 Å². The van der Waals surface area contributed by atoms with Crippen molar-refractivity contribution in [3.63, 3.8) is 0 Å². The average molecular weight is 273 g/mol. The Labute approximate surface area is 122 Å². The summed E-state index contributed by atoms with van der Waals surface area (Å²) in [6, 6.07) is 9.35. The van der Waals surface area contributed by atoms with Crippen molar-refractivity contribution in [2.45, 2.75) is 62.5 Å². The lowest BCUT2D eigenvalue weighted by molar-refractivity contribution is -0.0352. The number of ether oxygens (including phenoxy) is 1. The van der Waals surface area contributed by atoms with Crippen LogP contribution in [-0.4, -0.2) is 19.8 Å². The van der Waals surface area contributed by atoms with Gasteiger partial charge in [-0.05, 0) is 49.8 Å². The Hall–Kier alpha value is -0.860. The quantitative estimate of drug-likeness (QED) is 0.869. The first-order valence-electron chi connectivity index (χ1n) is 8.12. The van der Waals surface area contributed by atoms with Gasteiger partial charge in [0.25, 0.3) is 0 Å². The first-order valence-corrected chi connectivity index (χ1v) is 8.12. The van der Waals surface area contributed by atoms with Gasteiger partial charge in [0.1, 0.15) is 0 Å². The molecule has 1 aromatic carbocycles. The van der Waals surface area contributed by atoms with Crippen LogP contribution in [0.5, 0.6) is 0 Å². The zero-order valence-electron chi connectivity index (χ0n) is 12.8. The molecule has 0 heterocycles. The summed E-state index contributed by atoms with van der Waals surface area (Å²) in [5.41, 5.74) is 3.03. The van der Waals surface area contributed by atoms with Gasteiger partial charge in [-0.3, -0.25) is 0 Å². The van der Waals surface area contributed by atoms with Crippen molar-refractivity contribution in [2.75, 3.05) is 14.2 Å². The van der Waals surface area contributed by atoms with Crippen LogP contribution in [0.15, 0.2) is 24.3 Å². The van der Waals surface area contributed by atoms with E-state index in [0.29, 0.717) is 6.04 Å². The number of nitrogens with one attached hydrogen (secondary N) is 1. The van der Waals surface area contributed by atoms with E-state index in [1.54, 1.807) is 5.56 Å². The van der Waals surface area contributed by atoms with Crippen LogP contribution in [-0.2, 0) is 4.74 Å². The zero-order chi connectivity index (χ0) is 14.0. The highest BCUT2D eigenvalue weighted by Gasteiger charge is 2.43. The molecule has 2 aliphatic rings. The molecular formula is C18H27NO. The molecule has 0 saturated heterocycles. The number of hydrogen-bond acceptors (Lipinski definition) is 2. The number of likely N-dealkylation sites (N-methyl/N-ethyl adjacent to an activating group) is 1. The Balaban J connectivity index is 1.96. The molecule has 2 aliphatic carbocycles. The molecule has 0 radical (unpaired) electrons. The molecule has 3 rings (SSSR count). The largest absolute Gasteiger partial charge is 0.376 e. The van der Waals surface area contributed by atoms with E-state index in [1.165, 1.54) is 50.5 Å². The molecule has 0 bridgehead atoms. The molecule has 1 aromatic rings. The number of benzene rings is 1. The van der Waals surface area contributed by atoms with E-state index in [0.717, 1.165) is 5.92 Å². The monoisotopic (exact) mass is 273 g/mol. The van der Waals surface area contributed by atoms with Crippen LogP contribution in [0.4, 0.5) is 0 Å². The lowest BCUT2D eigenvalue weighted by Crippen LogP contribution is -2.43. The molecule has 0 amide bonds. The highest BCUT2D eigenvalue weighted by Crippen LogP contribution is 2.46. The van der Waals surface area contributed by atoms with Crippen LogP contribution in [0.3, 0.4) is 0 Å². The topological polar surface area (TPSA) is 21.3 Å². The van der Waals surface area contributed by atoms with E-state index in [2.05, 4.69) is 36.6 Å². The SMILES string of the molecule is CNC(c1ccccc1C1CCC1)C1(OC)CCCC1. The normalized spacial score (nSPS) is 23.5. The van der Waals surface area contributed by atoms with Gasteiger partial charge in [0.05, 0.1) is 11.6 Å². The molecule has 0 spiro atoms. The molecule has 1 atom stereocenters. The number of hydrogen-bond donors (Lipinski definition) is 1. The van der Waals surface area contributed by atoms with Crippen molar-refractivity contribution in [2.24, 2.45) is 0 Å². The molecule has 2 saturated carbocycles. The summed E-state index contributed by atoms with van der Waals surface area (Å²) in [6.07, 6.45) is 9.02. The molecule has 20 heavy (non-hydrogen) atoms. The summed E-state index contributed by atoms with van der Waals surface area (Å²) < 4.78 is 6.03. The fourth-order valence-corrected chi connectivity index (χ4v) is 4.15. The minimum atomic E-state index is -0.00536. The second-order valence-electron chi connectivity index (χ2n) is 6.45. The number of rotatable bonds is 5. The Morgan fingerprint density at radius 2 is 1.85 bits per heavy atom. The van der Waals surface area contributed by atoms with Crippen molar-refractivity contribution in [3.05, 3.63) is 35.4 Å². The van der Waals surface area contributed by atoms with Crippen molar-refractivity contribution < 1.29 is 4.74 Å². The predicted molar refractivity (Wildman–Crippen MR) is 83.0 cm³/mol. The standard InChI is InChI=1S/C18H27NO/c1-19-17(18(20-2)12-5-6-13-18)16-11-4-3-10-15(16)14-8-7-9-14/h3-4,10-11,14,17,19H,5-9,12-13H2,1-2H3. The third kappa shape index (κ3) is 2.29. The van der Waals surface area contributed by atoms with Crippen LogP contribution >= 0.6 is 0 Å². The van der Waals surface area contributed by atoms with Gasteiger partial charge >= 0.3 is 0 Å². The molecular weight excluding hydrogens is 246 g/mol. The summed E-state index contributed by atoms with van der Waals surface area (Å²) in [4.78, 5) is 0. The van der Waals surface area contributed by atoms with Gasteiger partial charge in [0, 0.05) is 7.11 Å². The summed E-state index contributed by atoms with van der Waals surface area (Å²) in [5, 5.41) is 3.57. The van der Waals surface area contributed by atoms with Crippen molar-refractivity contribution in [1.29, 1.82) is 0 Å². The summed E-state index contributed by atoms with van der Waals surface area (Å²) in [5.74, 6) is 0.775. The fourth-order valence-electron chi connectivity index (χ4n) is 4.15. The third-order valence-electron chi connectivity index (χ3n) is 5.52. The second kappa shape index (κ2) is 5.87. The maximum atomic E-state index is 6.03. The Kier molecular flexibility index (Phi) is 4.13. The van der Waals surface area contributed by atoms with Crippen molar-refractivity contribution in [3.8, 4) is 0 Å².